The Hall–Kier alpha value is -1.67. The van der Waals surface area contributed by atoms with Crippen molar-refractivity contribution in [3.05, 3.63) is 0 Å². The van der Waals surface area contributed by atoms with Crippen LogP contribution in [0, 0.1) is 17.8 Å². The van der Waals surface area contributed by atoms with Gasteiger partial charge in [0.2, 0.25) is 11.8 Å². The summed E-state index contributed by atoms with van der Waals surface area (Å²) in [6, 6.07) is -0.983. The topological polar surface area (TPSA) is 99.8 Å². The molecule has 8 nitrogen and oxygen atoms in total. The number of carbonyl (C=O) groups is 3. The van der Waals surface area contributed by atoms with Crippen LogP contribution < -0.4 is 16.0 Å². The summed E-state index contributed by atoms with van der Waals surface area (Å²) < 4.78 is 4.95. The number of carbonyl (C=O) groups excluding carboxylic acids is 3. The minimum atomic E-state index is -0.582. The first-order valence-corrected chi connectivity index (χ1v) is 10.9. The lowest BCUT2D eigenvalue weighted by molar-refractivity contribution is -0.126. The fraction of sp³-hybridized carbons (Fsp3) is 0.857. The summed E-state index contributed by atoms with van der Waals surface area (Å²) in [5.41, 5.74) is -0.129. The first kappa shape index (κ1) is 22.0. The fourth-order valence-corrected chi connectivity index (χ4v) is 5.82. The predicted octanol–water partition coefficient (Wildman–Crippen LogP) is 1.25. The molecule has 8 heteroatoms. The van der Waals surface area contributed by atoms with E-state index in [1.807, 2.05) is 0 Å². The van der Waals surface area contributed by atoms with Crippen LogP contribution in [0.4, 0.5) is 4.79 Å². The van der Waals surface area contributed by atoms with Gasteiger partial charge in [-0.25, -0.2) is 4.79 Å². The van der Waals surface area contributed by atoms with Gasteiger partial charge in [0.25, 0.3) is 0 Å². The number of urea groups is 1. The summed E-state index contributed by atoms with van der Waals surface area (Å²) in [4.78, 5) is 38.7. The lowest BCUT2D eigenvalue weighted by Crippen LogP contribution is -2.62. The first-order chi connectivity index (χ1) is 13.8. The number of amides is 4. The number of imide groups is 1. The van der Waals surface area contributed by atoms with Crippen molar-refractivity contribution >= 4 is 17.8 Å². The number of ether oxygens (including phenoxy) is 1. The van der Waals surface area contributed by atoms with Gasteiger partial charge in [-0.15, -0.1) is 0 Å². The average molecular weight is 409 g/mol. The molecule has 4 rings (SSSR count). The highest BCUT2D eigenvalue weighted by Gasteiger charge is 2.51. The molecule has 4 amide bonds. The van der Waals surface area contributed by atoms with Gasteiger partial charge in [-0.2, -0.15) is 0 Å². The second-order valence-corrected chi connectivity index (χ2v) is 9.43. The van der Waals surface area contributed by atoms with Gasteiger partial charge < -0.3 is 15.4 Å². The average Bonchev–Trinajstić information content (AvgIpc) is 2.62. The van der Waals surface area contributed by atoms with Crippen molar-refractivity contribution in [3.8, 4) is 0 Å². The van der Waals surface area contributed by atoms with Gasteiger partial charge >= 0.3 is 6.03 Å². The molecule has 0 saturated heterocycles. The van der Waals surface area contributed by atoms with Crippen LogP contribution in [0.3, 0.4) is 0 Å². The van der Waals surface area contributed by atoms with Gasteiger partial charge in [-0.05, 0) is 76.7 Å². The highest BCUT2D eigenvalue weighted by Crippen LogP contribution is 2.55. The van der Waals surface area contributed by atoms with Crippen LogP contribution in [0.2, 0.25) is 0 Å². The molecule has 0 heterocycles. The van der Waals surface area contributed by atoms with E-state index in [0.29, 0.717) is 13.2 Å². The van der Waals surface area contributed by atoms with Crippen LogP contribution in [0.15, 0.2) is 0 Å². The molecule has 0 radical (unpaired) electrons. The van der Waals surface area contributed by atoms with Crippen molar-refractivity contribution in [2.75, 3.05) is 33.9 Å². The third-order valence-electron chi connectivity index (χ3n) is 6.93. The van der Waals surface area contributed by atoms with Crippen molar-refractivity contribution in [1.82, 2.24) is 20.9 Å². The summed E-state index contributed by atoms with van der Waals surface area (Å²) in [6.45, 7) is 2.92. The van der Waals surface area contributed by atoms with Crippen LogP contribution in [0.1, 0.15) is 51.9 Å². The Balaban J connectivity index is 1.42. The van der Waals surface area contributed by atoms with Crippen LogP contribution in [-0.2, 0) is 14.3 Å². The van der Waals surface area contributed by atoms with Gasteiger partial charge in [0.05, 0.1) is 12.6 Å². The fourth-order valence-electron chi connectivity index (χ4n) is 5.82. The Morgan fingerprint density at radius 1 is 1.10 bits per heavy atom. The molecule has 0 aromatic rings. The van der Waals surface area contributed by atoms with Crippen molar-refractivity contribution in [3.63, 3.8) is 0 Å². The molecule has 0 aromatic heterocycles. The lowest BCUT2D eigenvalue weighted by atomic mass is 9.53. The molecule has 4 aliphatic carbocycles. The minimum absolute atomic E-state index is 0.0954. The minimum Gasteiger partial charge on any atom is -0.385 e. The molecule has 0 aromatic carbocycles. The summed E-state index contributed by atoms with van der Waals surface area (Å²) in [5, 5.41) is 8.44. The summed E-state index contributed by atoms with van der Waals surface area (Å²) in [5.74, 6) is 1.64. The van der Waals surface area contributed by atoms with Crippen molar-refractivity contribution in [2.45, 2.75) is 63.5 Å². The molecule has 4 fully saturated rings. The molecule has 1 unspecified atom stereocenters. The number of nitrogens with one attached hydrogen (secondary N) is 3. The van der Waals surface area contributed by atoms with E-state index < -0.39 is 12.1 Å². The molecule has 0 spiro atoms. The van der Waals surface area contributed by atoms with Crippen LogP contribution >= 0.6 is 0 Å². The molecular weight excluding hydrogens is 372 g/mol. The molecule has 1 atom stereocenters. The second kappa shape index (κ2) is 9.43. The SMILES string of the molecule is COCCCNC(=O)CN(C)C(C)C(=O)NC(=O)NC12CC3CC(CC(C3)C1)C2. The highest BCUT2D eigenvalue weighted by atomic mass is 16.5. The van der Waals surface area contributed by atoms with E-state index >= 15 is 0 Å². The molecular formula is C21H36N4O4. The predicted molar refractivity (Wildman–Crippen MR) is 109 cm³/mol. The van der Waals surface area contributed by atoms with E-state index in [4.69, 9.17) is 4.74 Å². The van der Waals surface area contributed by atoms with Crippen LogP contribution in [-0.4, -0.2) is 68.2 Å². The second-order valence-electron chi connectivity index (χ2n) is 9.43. The van der Waals surface area contributed by atoms with E-state index in [1.165, 1.54) is 19.3 Å². The zero-order valence-electron chi connectivity index (χ0n) is 18.0. The van der Waals surface area contributed by atoms with E-state index in [-0.39, 0.29) is 23.9 Å². The maximum atomic E-state index is 12.5. The molecule has 4 saturated carbocycles. The number of methoxy groups -OCH3 is 1. The summed E-state index contributed by atoms with van der Waals surface area (Å²) in [7, 11) is 3.32. The molecule has 164 valence electrons. The molecule has 0 aliphatic heterocycles. The van der Waals surface area contributed by atoms with E-state index in [1.54, 1.807) is 26.0 Å². The van der Waals surface area contributed by atoms with Crippen molar-refractivity contribution in [2.24, 2.45) is 17.8 Å². The van der Waals surface area contributed by atoms with Gasteiger partial charge in [0, 0.05) is 25.8 Å². The Kier molecular flexibility index (Phi) is 7.16. The van der Waals surface area contributed by atoms with E-state index in [2.05, 4.69) is 16.0 Å². The summed E-state index contributed by atoms with van der Waals surface area (Å²) >= 11 is 0. The van der Waals surface area contributed by atoms with Gasteiger partial charge in [-0.3, -0.25) is 19.8 Å². The molecule has 3 N–H and O–H groups in total. The lowest BCUT2D eigenvalue weighted by Gasteiger charge is -2.56. The molecule has 29 heavy (non-hydrogen) atoms. The number of hydrogen-bond donors (Lipinski definition) is 3. The Morgan fingerprint density at radius 2 is 1.69 bits per heavy atom. The number of hydrogen-bond acceptors (Lipinski definition) is 5. The third kappa shape index (κ3) is 5.69. The van der Waals surface area contributed by atoms with Gasteiger partial charge in [-0.1, -0.05) is 0 Å². The number of nitrogens with zero attached hydrogens (tertiary/aromatic N) is 1. The Morgan fingerprint density at radius 3 is 2.24 bits per heavy atom. The quantitative estimate of drug-likeness (QED) is 0.499. The number of rotatable bonds is 9. The highest BCUT2D eigenvalue weighted by molar-refractivity contribution is 5.97. The first-order valence-electron chi connectivity index (χ1n) is 10.9. The zero-order chi connectivity index (χ0) is 21.0. The normalized spacial score (nSPS) is 30.8. The maximum absolute atomic E-state index is 12.5. The Bertz CT molecular complexity index is 589. The zero-order valence-corrected chi connectivity index (χ0v) is 18.0. The number of likely N-dealkylation sites (N-methyl/N-ethyl adjacent to an activating group) is 1. The molecule has 4 bridgehead atoms. The van der Waals surface area contributed by atoms with Crippen LogP contribution in [0.5, 0.6) is 0 Å². The third-order valence-corrected chi connectivity index (χ3v) is 6.93. The maximum Gasteiger partial charge on any atom is 0.321 e. The summed E-state index contributed by atoms with van der Waals surface area (Å²) in [6.07, 6.45) is 7.77. The van der Waals surface area contributed by atoms with Crippen molar-refractivity contribution in [1.29, 1.82) is 0 Å². The Labute approximate surface area is 173 Å². The van der Waals surface area contributed by atoms with Gasteiger partial charge in [0.15, 0.2) is 0 Å². The largest absolute Gasteiger partial charge is 0.385 e. The van der Waals surface area contributed by atoms with E-state index in [0.717, 1.165) is 43.4 Å². The van der Waals surface area contributed by atoms with E-state index in [9.17, 15) is 14.4 Å². The van der Waals surface area contributed by atoms with Crippen LogP contribution in [0.25, 0.3) is 0 Å². The molecule has 4 aliphatic rings. The monoisotopic (exact) mass is 408 g/mol. The van der Waals surface area contributed by atoms with Crippen molar-refractivity contribution < 1.29 is 19.1 Å². The van der Waals surface area contributed by atoms with Gasteiger partial charge in [0.1, 0.15) is 0 Å². The standard InChI is InChI=1S/C21H36N4O4/c1-14(25(2)13-18(26)22-5-4-6-29-3)19(27)23-20(28)24-21-10-15-7-16(11-21)9-17(8-15)12-21/h14-17H,4-13H2,1-3H3,(H,22,26)(H2,23,24,27,28). The smallest absolute Gasteiger partial charge is 0.321 e.